The first-order chi connectivity index (χ1) is 21.0. The Morgan fingerprint density at radius 2 is 1.05 bits per heavy atom. The molecule has 13 heteroatoms. The Bertz CT molecular complexity index is 1310. The number of benzene rings is 2. The molecule has 1 heterocycles. The number of nitrogens with one attached hydrogen (secondary N) is 6. The van der Waals surface area contributed by atoms with E-state index in [1.165, 1.54) is 0 Å². The molecule has 6 amide bonds. The molecule has 13 nitrogen and oxygen atoms in total. The minimum Gasteiger partial charge on any atom is -0.394 e. The standard InChI is InChI=1S/C31H40N6O7/c1-19(2)13-22-29(42)37-25(18-38)31(44)36-23(14-20-9-5-3-6-10-20)28(41)33-16-26(39)32-17-27(40)34-24(30(43)35-22)15-21-11-7-4-8-12-21/h3-12,19,22-25,38H,13-18H2,1-2H3,(H,32,39)(H,33,41)(H,34,40)(H,35,43)(H,36,44)(H,37,42)/t22-,23-,24-,25-/m0/s1. The largest absolute Gasteiger partial charge is 0.394 e. The number of aliphatic hydroxyl groups excluding tert-OH is 1. The maximum absolute atomic E-state index is 13.5. The van der Waals surface area contributed by atoms with Crippen molar-refractivity contribution in [1.29, 1.82) is 0 Å². The monoisotopic (exact) mass is 608 g/mol. The topological polar surface area (TPSA) is 195 Å². The van der Waals surface area contributed by atoms with Gasteiger partial charge in [0, 0.05) is 12.8 Å². The molecular weight excluding hydrogens is 568 g/mol. The van der Waals surface area contributed by atoms with Crippen molar-refractivity contribution in [3.63, 3.8) is 0 Å². The number of carbonyl (C=O) groups excluding carboxylic acids is 6. The molecule has 1 fully saturated rings. The fraction of sp³-hybridized carbons (Fsp3) is 0.419. The summed E-state index contributed by atoms with van der Waals surface area (Å²) in [5, 5.41) is 25.2. The van der Waals surface area contributed by atoms with Gasteiger partial charge in [0.2, 0.25) is 35.4 Å². The number of hydrogen-bond acceptors (Lipinski definition) is 7. The molecule has 0 aromatic heterocycles. The summed E-state index contributed by atoms with van der Waals surface area (Å²) in [7, 11) is 0. The maximum atomic E-state index is 13.5. The molecule has 236 valence electrons. The predicted octanol–water partition coefficient (Wildman–Crippen LogP) is -1.30. The first kappa shape index (κ1) is 33.7. The highest BCUT2D eigenvalue weighted by Gasteiger charge is 2.32. The maximum Gasteiger partial charge on any atom is 0.245 e. The summed E-state index contributed by atoms with van der Waals surface area (Å²) >= 11 is 0. The summed E-state index contributed by atoms with van der Waals surface area (Å²) in [5.74, 6) is -4.24. The van der Waals surface area contributed by atoms with Gasteiger partial charge in [-0.15, -0.1) is 0 Å². The minimum absolute atomic E-state index is 0.0540. The van der Waals surface area contributed by atoms with Crippen LogP contribution in [-0.4, -0.2) is 84.4 Å². The quantitative estimate of drug-likeness (QED) is 0.203. The summed E-state index contributed by atoms with van der Waals surface area (Å²) in [6.45, 7) is 1.96. The van der Waals surface area contributed by atoms with E-state index < -0.39 is 79.3 Å². The lowest BCUT2D eigenvalue weighted by Crippen LogP contribution is -2.60. The molecule has 1 aliphatic rings. The molecule has 2 aromatic carbocycles. The van der Waals surface area contributed by atoms with E-state index in [-0.39, 0.29) is 25.2 Å². The summed E-state index contributed by atoms with van der Waals surface area (Å²) in [4.78, 5) is 78.3. The van der Waals surface area contributed by atoms with Gasteiger partial charge in [0.05, 0.1) is 19.7 Å². The van der Waals surface area contributed by atoms with Crippen LogP contribution in [0, 0.1) is 5.92 Å². The van der Waals surface area contributed by atoms with Gasteiger partial charge in [-0.3, -0.25) is 28.8 Å². The average molecular weight is 609 g/mol. The van der Waals surface area contributed by atoms with Gasteiger partial charge in [-0.1, -0.05) is 74.5 Å². The number of amides is 6. The molecule has 0 aliphatic carbocycles. The van der Waals surface area contributed by atoms with E-state index in [9.17, 15) is 33.9 Å². The van der Waals surface area contributed by atoms with E-state index in [0.717, 1.165) is 5.56 Å². The fourth-order valence-corrected chi connectivity index (χ4v) is 4.61. The number of aliphatic hydroxyl groups is 1. The molecule has 0 unspecified atom stereocenters. The van der Waals surface area contributed by atoms with Gasteiger partial charge in [0.15, 0.2) is 0 Å². The Morgan fingerprint density at radius 3 is 1.59 bits per heavy atom. The van der Waals surface area contributed by atoms with Gasteiger partial charge in [-0.2, -0.15) is 0 Å². The van der Waals surface area contributed by atoms with Gasteiger partial charge in [-0.25, -0.2) is 0 Å². The van der Waals surface area contributed by atoms with Crippen LogP contribution in [0.5, 0.6) is 0 Å². The van der Waals surface area contributed by atoms with Crippen LogP contribution in [-0.2, 0) is 41.6 Å². The Hall–Kier alpha value is -4.78. The lowest BCUT2D eigenvalue weighted by atomic mass is 10.0. The minimum atomic E-state index is -1.44. The molecule has 2 aromatic rings. The van der Waals surface area contributed by atoms with Gasteiger partial charge >= 0.3 is 0 Å². The molecule has 0 bridgehead atoms. The lowest BCUT2D eigenvalue weighted by molar-refractivity contribution is -0.136. The molecule has 1 aliphatic heterocycles. The molecule has 44 heavy (non-hydrogen) atoms. The third kappa shape index (κ3) is 10.8. The molecule has 4 atom stereocenters. The van der Waals surface area contributed by atoms with E-state index in [0.29, 0.717) is 5.56 Å². The fourth-order valence-electron chi connectivity index (χ4n) is 4.61. The van der Waals surface area contributed by atoms with Crippen molar-refractivity contribution in [3.05, 3.63) is 71.8 Å². The SMILES string of the molecule is CC(C)C[C@@H]1NC(=O)[C@H](Cc2ccccc2)NC(=O)CNC(=O)CNC(=O)[C@H](Cc2ccccc2)NC(=O)[C@H](CO)NC1=O. The zero-order valence-corrected chi connectivity index (χ0v) is 24.8. The van der Waals surface area contributed by atoms with Crippen LogP contribution in [0.2, 0.25) is 0 Å². The number of carbonyl (C=O) groups is 6. The second kappa shape index (κ2) is 16.8. The van der Waals surface area contributed by atoms with Crippen molar-refractivity contribution in [2.45, 2.75) is 57.3 Å². The van der Waals surface area contributed by atoms with Gasteiger partial charge in [0.1, 0.15) is 24.2 Å². The van der Waals surface area contributed by atoms with Crippen LogP contribution < -0.4 is 31.9 Å². The van der Waals surface area contributed by atoms with E-state index >= 15 is 0 Å². The Labute approximate surface area is 255 Å². The van der Waals surface area contributed by atoms with Crippen molar-refractivity contribution in [1.82, 2.24) is 31.9 Å². The highest BCUT2D eigenvalue weighted by atomic mass is 16.3. The van der Waals surface area contributed by atoms with Gasteiger partial charge < -0.3 is 37.0 Å². The van der Waals surface area contributed by atoms with Gasteiger partial charge in [0.25, 0.3) is 0 Å². The second-order valence-corrected chi connectivity index (χ2v) is 11.0. The molecule has 7 N–H and O–H groups in total. The highest BCUT2D eigenvalue weighted by molar-refractivity contribution is 5.97. The Balaban J connectivity index is 1.89. The molecule has 0 saturated carbocycles. The summed E-state index contributed by atoms with van der Waals surface area (Å²) in [6, 6.07) is 13.0. The van der Waals surface area contributed by atoms with E-state index in [4.69, 9.17) is 0 Å². The number of hydrogen-bond donors (Lipinski definition) is 7. The summed E-state index contributed by atoms with van der Waals surface area (Å²) in [6.07, 6.45) is 0.352. The van der Waals surface area contributed by atoms with Crippen LogP contribution >= 0.6 is 0 Å². The van der Waals surface area contributed by atoms with Crippen LogP contribution in [0.4, 0.5) is 0 Å². The van der Waals surface area contributed by atoms with Crippen LogP contribution in [0.3, 0.4) is 0 Å². The van der Waals surface area contributed by atoms with Crippen LogP contribution in [0.15, 0.2) is 60.7 Å². The van der Waals surface area contributed by atoms with Crippen LogP contribution in [0.25, 0.3) is 0 Å². The molecule has 1 saturated heterocycles. The second-order valence-electron chi connectivity index (χ2n) is 11.0. The van der Waals surface area contributed by atoms with Crippen molar-refractivity contribution in [3.8, 4) is 0 Å². The Morgan fingerprint density at radius 1 is 0.591 bits per heavy atom. The van der Waals surface area contributed by atoms with Crippen LogP contribution in [0.1, 0.15) is 31.4 Å². The summed E-state index contributed by atoms with van der Waals surface area (Å²) in [5.41, 5.74) is 1.46. The zero-order chi connectivity index (χ0) is 32.1. The number of rotatable bonds is 7. The van der Waals surface area contributed by atoms with Crippen molar-refractivity contribution in [2.75, 3.05) is 19.7 Å². The predicted molar refractivity (Wildman–Crippen MR) is 161 cm³/mol. The summed E-state index contributed by atoms with van der Waals surface area (Å²) < 4.78 is 0. The third-order valence-electron chi connectivity index (χ3n) is 6.87. The van der Waals surface area contributed by atoms with Gasteiger partial charge in [-0.05, 0) is 23.5 Å². The molecule has 0 radical (unpaired) electrons. The Kier molecular flexibility index (Phi) is 12.8. The van der Waals surface area contributed by atoms with E-state index in [2.05, 4.69) is 31.9 Å². The van der Waals surface area contributed by atoms with E-state index in [1.54, 1.807) is 60.7 Å². The van der Waals surface area contributed by atoms with Crippen molar-refractivity contribution < 1.29 is 33.9 Å². The first-order valence-electron chi connectivity index (χ1n) is 14.5. The average Bonchev–Trinajstić information content (AvgIpc) is 3.00. The lowest BCUT2D eigenvalue weighted by Gasteiger charge is -2.27. The highest BCUT2D eigenvalue weighted by Crippen LogP contribution is 2.09. The van der Waals surface area contributed by atoms with E-state index in [1.807, 2.05) is 13.8 Å². The first-order valence-corrected chi connectivity index (χ1v) is 14.5. The normalized spacial score (nSPS) is 22.8. The zero-order valence-electron chi connectivity index (χ0n) is 24.8. The van der Waals surface area contributed by atoms with Crippen molar-refractivity contribution in [2.24, 2.45) is 5.92 Å². The molecule has 3 rings (SSSR count). The molecule has 0 spiro atoms. The smallest absolute Gasteiger partial charge is 0.245 e. The molecular formula is C31H40N6O7. The third-order valence-corrected chi connectivity index (χ3v) is 6.87. The van der Waals surface area contributed by atoms with Crippen molar-refractivity contribution >= 4 is 35.4 Å².